The summed E-state index contributed by atoms with van der Waals surface area (Å²) >= 11 is 0. The average Bonchev–Trinajstić information content (AvgIpc) is 2.94. The molecule has 0 unspecified atom stereocenters. The molecule has 0 saturated heterocycles. The minimum Gasteiger partial charge on any atom is -0.357 e. The van der Waals surface area contributed by atoms with E-state index in [9.17, 15) is 14.4 Å². The first-order valence-electron chi connectivity index (χ1n) is 9.32. The van der Waals surface area contributed by atoms with E-state index in [0.717, 1.165) is 22.6 Å². The van der Waals surface area contributed by atoms with Crippen molar-refractivity contribution in [2.24, 2.45) is 0 Å². The topological polar surface area (TPSA) is 108 Å². The zero-order valence-corrected chi connectivity index (χ0v) is 16.2. The van der Waals surface area contributed by atoms with Crippen molar-refractivity contribution >= 4 is 23.5 Å². The molecule has 0 fully saturated rings. The van der Waals surface area contributed by atoms with Gasteiger partial charge in [0.1, 0.15) is 5.70 Å². The van der Waals surface area contributed by atoms with E-state index in [0.29, 0.717) is 35.7 Å². The molecule has 2 aromatic heterocycles. The Bertz CT molecular complexity index is 1030. The SMILES string of the molecule is Cc1ncccc1-c1ccc(NC(=O)CN2CCCC3=C2C(=O)N(C)C3=O)nn1. The Morgan fingerprint density at radius 2 is 2.00 bits per heavy atom. The number of carbonyl (C=O) groups excluding carboxylic acids is 3. The van der Waals surface area contributed by atoms with Gasteiger partial charge in [0.25, 0.3) is 11.8 Å². The van der Waals surface area contributed by atoms with Crippen LogP contribution in [0, 0.1) is 6.92 Å². The van der Waals surface area contributed by atoms with Crippen LogP contribution in [0.3, 0.4) is 0 Å². The molecule has 2 aliphatic rings. The van der Waals surface area contributed by atoms with E-state index in [1.165, 1.54) is 7.05 Å². The molecule has 4 rings (SSSR count). The zero-order chi connectivity index (χ0) is 20.5. The van der Waals surface area contributed by atoms with Crippen molar-refractivity contribution in [2.75, 3.05) is 25.5 Å². The van der Waals surface area contributed by atoms with E-state index in [-0.39, 0.29) is 24.3 Å². The second-order valence-corrected chi connectivity index (χ2v) is 7.01. The molecule has 29 heavy (non-hydrogen) atoms. The number of amides is 3. The number of aromatic nitrogens is 3. The summed E-state index contributed by atoms with van der Waals surface area (Å²) in [4.78, 5) is 44.0. The van der Waals surface area contributed by atoms with Crippen LogP contribution in [0.1, 0.15) is 18.5 Å². The summed E-state index contributed by atoms with van der Waals surface area (Å²) in [5, 5.41) is 10.9. The Labute approximate surface area is 167 Å². The fraction of sp³-hybridized carbons (Fsp3) is 0.300. The first kappa shape index (κ1) is 18.7. The summed E-state index contributed by atoms with van der Waals surface area (Å²) in [7, 11) is 1.46. The number of hydrogen-bond donors (Lipinski definition) is 1. The quantitative estimate of drug-likeness (QED) is 0.777. The molecule has 3 amide bonds. The Balaban J connectivity index is 1.44. The van der Waals surface area contributed by atoms with Crippen molar-refractivity contribution in [3.8, 4) is 11.3 Å². The van der Waals surface area contributed by atoms with Crippen molar-refractivity contribution in [1.29, 1.82) is 0 Å². The molecule has 0 spiro atoms. The summed E-state index contributed by atoms with van der Waals surface area (Å²) < 4.78 is 0. The standard InChI is InChI=1S/C20H20N6O3/c1-12-13(5-3-9-21-12)15-7-8-16(24-23-15)22-17(27)11-26-10-4-6-14-18(26)20(29)25(2)19(14)28/h3,5,7-9H,4,6,10-11H2,1-2H3,(H,22,24,27). The molecular weight excluding hydrogens is 372 g/mol. The van der Waals surface area contributed by atoms with Crippen LogP contribution in [0.2, 0.25) is 0 Å². The van der Waals surface area contributed by atoms with E-state index in [4.69, 9.17) is 0 Å². The van der Waals surface area contributed by atoms with Gasteiger partial charge in [-0.1, -0.05) is 0 Å². The molecule has 4 heterocycles. The minimum atomic E-state index is -0.353. The molecule has 0 saturated carbocycles. The summed E-state index contributed by atoms with van der Waals surface area (Å²) in [6.45, 7) is 2.40. The third-order valence-electron chi connectivity index (χ3n) is 5.08. The maximum Gasteiger partial charge on any atom is 0.277 e. The molecule has 1 N–H and O–H groups in total. The summed E-state index contributed by atoms with van der Waals surface area (Å²) in [5.74, 6) is -0.638. The van der Waals surface area contributed by atoms with Crippen LogP contribution in [0.25, 0.3) is 11.3 Å². The van der Waals surface area contributed by atoms with Gasteiger partial charge in [-0.3, -0.25) is 24.3 Å². The van der Waals surface area contributed by atoms with Gasteiger partial charge in [-0.15, -0.1) is 10.2 Å². The molecule has 0 radical (unpaired) electrons. The molecule has 9 nitrogen and oxygen atoms in total. The van der Waals surface area contributed by atoms with Gasteiger partial charge in [0.15, 0.2) is 5.82 Å². The lowest BCUT2D eigenvalue weighted by atomic mass is 10.0. The third kappa shape index (κ3) is 3.46. The maximum absolute atomic E-state index is 12.5. The van der Waals surface area contributed by atoms with Crippen LogP contribution >= 0.6 is 0 Å². The highest BCUT2D eigenvalue weighted by Crippen LogP contribution is 2.30. The Kier molecular flexibility index (Phi) is 4.79. The number of hydrogen-bond acceptors (Lipinski definition) is 7. The number of nitrogens with one attached hydrogen (secondary N) is 1. The highest BCUT2D eigenvalue weighted by molar-refractivity contribution is 6.19. The second kappa shape index (κ2) is 7.42. The lowest BCUT2D eigenvalue weighted by Crippen LogP contribution is -2.38. The fourth-order valence-electron chi connectivity index (χ4n) is 3.61. The average molecular weight is 392 g/mol. The summed E-state index contributed by atoms with van der Waals surface area (Å²) in [5.41, 5.74) is 3.21. The maximum atomic E-state index is 12.5. The predicted octanol–water partition coefficient (Wildman–Crippen LogP) is 1.13. The van der Waals surface area contributed by atoms with Crippen LogP contribution in [0.5, 0.6) is 0 Å². The van der Waals surface area contributed by atoms with E-state index >= 15 is 0 Å². The van der Waals surface area contributed by atoms with Crippen LogP contribution in [0.15, 0.2) is 41.7 Å². The number of pyridine rings is 1. The van der Waals surface area contributed by atoms with E-state index < -0.39 is 0 Å². The Morgan fingerprint density at radius 3 is 2.72 bits per heavy atom. The van der Waals surface area contributed by atoms with E-state index in [1.54, 1.807) is 23.2 Å². The number of rotatable bonds is 4. The normalized spacial score (nSPS) is 16.3. The van der Waals surface area contributed by atoms with Gasteiger partial charge < -0.3 is 10.2 Å². The third-order valence-corrected chi connectivity index (χ3v) is 5.08. The van der Waals surface area contributed by atoms with E-state index in [2.05, 4.69) is 20.5 Å². The van der Waals surface area contributed by atoms with Gasteiger partial charge in [0.05, 0.1) is 12.2 Å². The minimum absolute atomic E-state index is 0.0309. The Hall–Kier alpha value is -3.62. The smallest absolute Gasteiger partial charge is 0.277 e. The van der Waals surface area contributed by atoms with E-state index in [1.807, 2.05) is 19.1 Å². The number of nitrogens with zero attached hydrogens (tertiary/aromatic N) is 5. The molecule has 0 aromatic carbocycles. The van der Waals surface area contributed by atoms with Gasteiger partial charge in [-0.25, -0.2) is 0 Å². The first-order valence-corrected chi connectivity index (χ1v) is 9.32. The van der Waals surface area contributed by atoms with Crippen LogP contribution in [-0.2, 0) is 14.4 Å². The first-order chi connectivity index (χ1) is 14.0. The lowest BCUT2D eigenvalue weighted by molar-refractivity contribution is -0.136. The van der Waals surface area contributed by atoms with Gasteiger partial charge in [-0.2, -0.15) is 0 Å². The van der Waals surface area contributed by atoms with Gasteiger partial charge >= 0.3 is 0 Å². The van der Waals surface area contributed by atoms with Crippen molar-refractivity contribution in [3.63, 3.8) is 0 Å². The zero-order valence-electron chi connectivity index (χ0n) is 16.2. The van der Waals surface area contributed by atoms with Crippen molar-refractivity contribution in [1.82, 2.24) is 25.0 Å². The molecule has 0 atom stereocenters. The molecule has 148 valence electrons. The monoisotopic (exact) mass is 392 g/mol. The van der Waals surface area contributed by atoms with Gasteiger partial charge in [0, 0.05) is 36.6 Å². The highest BCUT2D eigenvalue weighted by Gasteiger charge is 2.40. The lowest BCUT2D eigenvalue weighted by Gasteiger charge is -2.28. The molecule has 9 heteroatoms. The number of likely N-dealkylation sites (N-methyl/N-ethyl adjacent to an activating group) is 1. The van der Waals surface area contributed by atoms with Crippen LogP contribution in [-0.4, -0.2) is 62.8 Å². The fourth-order valence-corrected chi connectivity index (χ4v) is 3.61. The molecular formula is C20H20N6O3. The molecule has 2 aliphatic heterocycles. The number of anilines is 1. The van der Waals surface area contributed by atoms with Crippen LogP contribution < -0.4 is 5.32 Å². The second-order valence-electron chi connectivity index (χ2n) is 7.01. The van der Waals surface area contributed by atoms with Crippen LogP contribution in [0.4, 0.5) is 5.82 Å². The number of aryl methyl sites for hydroxylation is 1. The predicted molar refractivity (Wildman–Crippen MR) is 104 cm³/mol. The van der Waals surface area contributed by atoms with Crippen molar-refractivity contribution < 1.29 is 14.4 Å². The van der Waals surface area contributed by atoms with Gasteiger partial charge in [-0.05, 0) is 44.0 Å². The van der Waals surface area contributed by atoms with Crippen molar-refractivity contribution in [3.05, 3.63) is 47.4 Å². The number of imide groups is 1. The highest BCUT2D eigenvalue weighted by atomic mass is 16.2. The van der Waals surface area contributed by atoms with Gasteiger partial charge in [0.2, 0.25) is 5.91 Å². The van der Waals surface area contributed by atoms with Crippen molar-refractivity contribution in [2.45, 2.75) is 19.8 Å². The largest absolute Gasteiger partial charge is 0.357 e. The molecule has 0 aliphatic carbocycles. The summed E-state index contributed by atoms with van der Waals surface area (Å²) in [6.07, 6.45) is 2.99. The Morgan fingerprint density at radius 1 is 1.17 bits per heavy atom. The molecule has 0 bridgehead atoms. The summed E-state index contributed by atoms with van der Waals surface area (Å²) in [6, 6.07) is 7.17. The number of carbonyl (C=O) groups is 3. The molecule has 2 aromatic rings.